The lowest BCUT2D eigenvalue weighted by Crippen LogP contribution is -2.39. The van der Waals surface area contributed by atoms with Gasteiger partial charge in [0, 0.05) is 36.8 Å². The number of carbonyl (C=O) groups is 2. The zero-order valence-corrected chi connectivity index (χ0v) is 18.6. The fraction of sp³-hybridized carbons (Fsp3) is 0.857. The zero-order valence-electron chi connectivity index (χ0n) is 17.8. The summed E-state index contributed by atoms with van der Waals surface area (Å²) in [5.74, 6) is -0.170. The van der Waals surface area contributed by atoms with Crippen molar-refractivity contribution in [3.63, 3.8) is 0 Å². The van der Waals surface area contributed by atoms with Crippen LogP contribution in [0.1, 0.15) is 79.1 Å². The monoisotopic (exact) mass is 412 g/mol. The third-order valence-corrected chi connectivity index (χ3v) is 6.58. The van der Waals surface area contributed by atoms with Crippen molar-refractivity contribution in [2.45, 2.75) is 91.3 Å². The van der Waals surface area contributed by atoms with Crippen molar-refractivity contribution in [1.29, 1.82) is 0 Å². The minimum atomic E-state index is -0.0848. The molecule has 7 heteroatoms. The largest absolute Gasteiger partial charge is 0.462 e. The standard InChI is InChI=1S/C21H36N2O4S/c1-20(2,15-7-9-17(24)26-15)11-5-13-23(19(22)28)14-6-12-21(3,4)16-8-10-18(25)27-16/h15-16H,5-14H2,1-4H3,(H2,22,28). The smallest absolute Gasteiger partial charge is 0.306 e. The average molecular weight is 413 g/mol. The minimum absolute atomic E-state index is 0.00759. The number of carbonyl (C=O) groups excluding carboxylic acids is 2. The number of rotatable bonds is 10. The number of ether oxygens (including phenoxy) is 2. The highest BCUT2D eigenvalue weighted by molar-refractivity contribution is 7.80. The third kappa shape index (κ3) is 6.33. The molecule has 2 aliphatic heterocycles. The van der Waals surface area contributed by atoms with Crippen molar-refractivity contribution in [2.24, 2.45) is 16.6 Å². The van der Waals surface area contributed by atoms with Gasteiger partial charge in [-0.25, -0.2) is 0 Å². The summed E-state index contributed by atoms with van der Waals surface area (Å²) < 4.78 is 10.9. The lowest BCUT2D eigenvalue weighted by atomic mass is 9.80. The van der Waals surface area contributed by atoms with Crippen LogP contribution in [-0.4, -0.2) is 47.2 Å². The highest BCUT2D eigenvalue weighted by Crippen LogP contribution is 2.36. The number of thiocarbonyl (C=S) groups is 1. The Bertz CT molecular complexity index is 547. The third-order valence-electron chi connectivity index (χ3n) is 6.32. The Balaban J connectivity index is 1.74. The van der Waals surface area contributed by atoms with Gasteiger partial charge in [-0.3, -0.25) is 9.59 Å². The highest BCUT2D eigenvalue weighted by atomic mass is 32.1. The summed E-state index contributed by atoms with van der Waals surface area (Å²) in [4.78, 5) is 24.8. The van der Waals surface area contributed by atoms with Gasteiger partial charge in [0.1, 0.15) is 12.2 Å². The van der Waals surface area contributed by atoms with Crippen molar-refractivity contribution in [2.75, 3.05) is 13.1 Å². The molecule has 0 aromatic heterocycles. The Hall–Kier alpha value is -1.37. The summed E-state index contributed by atoms with van der Waals surface area (Å²) in [6.45, 7) is 10.2. The van der Waals surface area contributed by atoms with Gasteiger partial charge < -0.3 is 20.1 Å². The van der Waals surface area contributed by atoms with Crippen molar-refractivity contribution in [3.8, 4) is 0 Å². The molecule has 2 atom stereocenters. The lowest BCUT2D eigenvalue weighted by Gasteiger charge is -2.33. The van der Waals surface area contributed by atoms with E-state index in [-0.39, 0.29) is 35.0 Å². The molecule has 2 saturated heterocycles. The average Bonchev–Trinajstić information content (AvgIpc) is 3.22. The molecule has 160 valence electrons. The molecule has 2 fully saturated rings. The van der Waals surface area contributed by atoms with E-state index in [2.05, 4.69) is 32.6 Å². The summed E-state index contributed by atoms with van der Waals surface area (Å²) in [6, 6.07) is 0. The maximum absolute atomic E-state index is 11.4. The first-order chi connectivity index (χ1) is 13.0. The molecule has 2 N–H and O–H groups in total. The molecule has 0 aliphatic carbocycles. The molecule has 0 saturated carbocycles. The maximum Gasteiger partial charge on any atom is 0.306 e. The topological polar surface area (TPSA) is 81.9 Å². The first-order valence-corrected chi connectivity index (χ1v) is 10.9. The van der Waals surface area contributed by atoms with Crippen LogP contribution in [-0.2, 0) is 19.1 Å². The first-order valence-electron chi connectivity index (χ1n) is 10.4. The van der Waals surface area contributed by atoms with Crippen LogP contribution in [0.5, 0.6) is 0 Å². The van der Waals surface area contributed by atoms with Crippen LogP contribution < -0.4 is 5.73 Å². The molecular weight excluding hydrogens is 376 g/mol. The molecule has 2 rings (SSSR count). The summed E-state index contributed by atoms with van der Waals surface area (Å²) >= 11 is 5.24. The predicted octanol–water partition coefficient (Wildman–Crippen LogP) is 3.56. The van der Waals surface area contributed by atoms with E-state index in [0.717, 1.165) is 51.6 Å². The minimum Gasteiger partial charge on any atom is -0.462 e. The maximum atomic E-state index is 11.4. The van der Waals surface area contributed by atoms with Gasteiger partial charge in [-0.15, -0.1) is 0 Å². The second-order valence-electron chi connectivity index (χ2n) is 9.54. The van der Waals surface area contributed by atoms with Crippen LogP contribution in [0.15, 0.2) is 0 Å². The van der Waals surface area contributed by atoms with E-state index in [1.807, 2.05) is 0 Å². The Morgan fingerprint density at radius 1 is 0.964 bits per heavy atom. The van der Waals surface area contributed by atoms with E-state index in [9.17, 15) is 9.59 Å². The fourth-order valence-electron chi connectivity index (χ4n) is 4.26. The van der Waals surface area contributed by atoms with Gasteiger partial charge >= 0.3 is 11.9 Å². The second-order valence-corrected chi connectivity index (χ2v) is 9.96. The quantitative estimate of drug-likeness (QED) is 0.434. The first kappa shape index (κ1) is 22.9. The van der Waals surface area contributed by atoms with Gasteiger partial charge in [-0.1, -0.05) is 27.7 Å². The Morgan fingerprint density at radius 2 is 1.36 bits per heavy atom. The zero-order chi connectivity index (χ0) is 20.9. The van der Waals surface area contributed by atoms with Crippen molar-refractivity contribution in [3.05, 3.63) is 0 Å². The normalized spacial score (nSPS) is 22.9. The molecule has 0 aromatic rings. The highest BCUT2D eigenvalue weighted by Gasteiger charge is 2.37. The molecule has 0 radical (unpaired) electrons. The second kappa shape index (κ2) is 9.42. The van der Waals surface area contributed by atoms with Gasteiger partial charge in [0.05, 0.1) is 0 Å². The van der Waals surface area contributed by atoms with Crippen molar-refractivity contribution in [1.82, 2.24) is 4.90 Å². The Kier molecular flexibility index (Phi) is 7.71. The molecular formula is C21H36N2O4S. The van der Waals surface area contributed by atoms with Crippen LogP contribution in [0.2, 0.25) is 0 Å². The van der Waals surface area contributed by atoms with Gasteiger partial charge in [0.15, 0.2) is 5.11 Å². The summed E-state index contributed by atoms with van der Waals surface area (Å²) in [7, 11) is 0. The number of hydrogen-bond acceptors (Lipinski definition) is 5. The van der Waals surface area contributed by atoms with E-state index in [4.69, 9.17) is 27.4 Å². The molecule has 2 aliphatic rings. The number of cyclic esters (lactones) is 2. The molecule has 0 amide bonds. The fourth-order valence-corrected chi connectivity index (χ4v) is 4.44. The van der Waals surface area contributed by atoms with E-state index in [1.165, 1.54) is 0 Å². The molecule has 0 aromatic carbocycles. The molecule has 2 heterocycles. The lowest BCUT2D eigenvalue weighted by molar-refractivity contribution is -0.146. The number of esters is 2. The number of hydrogen-bond donors (Lipinski definition) is 1. The predicted molar refractivity (Wildman–Crippen MR) is 113 cm³/mol. The van der Waals surface area contributed by atoms with Crippen molar-refractivity contribution < 1.29 is 19.1 Å². The molecule has 0 bridgehead atoms. The summed E-state index contributed by atoms with van der Waals surface area (Å²) in [6.07, 6.45) is 6.49. The van der Waals surface area contributed by atoms with E-state index in [0.29, 0.717) is 18.0 Å². The van der Waals surface area contributed by atoms with E-state index >= 15 is 0 Å². The van der Waals surface area contributed by atoms with Crippen LogP contribution in [0.4, 0.5) is 0 Å². The Labute approximate surface area is 174 Å². The van der Waals surface area contributed by atoms with Gasteiger partial charge in [0.2, 0.25) is 0 Å². The van der Waals surface area contributed by atoms with E-state index < -0.39 is 0 Å². The summed E-state index contributed by atoms with van der Waals surface area (Å²) in [5, 5.41) is 0.426. The molecule has 2 unspecified atom stereocenters. The SMILES string of the molecule is CC(C)(CCCN(CCCC(C)(C)C1CCC(=O)O1)C(N)=S)C1CCC(=O)O1. The van der Waals surface area contributed by atoms with Gasteiger partial charge in [-0.05, 0) is 50.7 Å². The molecule has 6 nitrogen and oxygen atoms in total. The van der Waals surface area contributed by atoms with Crippen LogP contribution in [0.25, 0.3) is 0 Å². The van der Waals surface area contributed by atoms with Crippen LogP contribution in [0, 0.1) is 10.8 Å². The van der Waals surface area contributed by atoms with E-state index in [1.54, 1.807) is 0 Å². The molecule has 28 heavy (non-hydrogen) atoms. The number of nitrogens with two attached hydrogens (primary N) is 1. The summed E-state index contributed by atoms with van der Waals surface area (Å²) in [5.41, 5.74) is 5.86. The number of nitrogens with zero attached hydrogens (tertiary/aromatic N) is 1. The van der Waals surface area contributed by atoms with Gasteiger partial charge in [0.25, 0.3) is 0 Å². The van der Waals surface area contributed by atoms with Crippen molar-refractivity contribution >= 4 is 29.3 Å². The Morgan fingerprint density at radius 3 is 1.64 bits per heavy atom. The van der Waals surface area contributed by atoms with Crippen LogP contribution >= 0.6 is 12.2 Å². The van der Waals surface area contributed by atoms with Gasteiger partial charge in [-0.2, -0.15) is 0 Å². The van der Waals surface area contributed by atoms with Crippen LogP contribution in [0.3, 0.4) is 0 Å². The molecule has 0 spiro atoms.